The number of thiophene rings is 1. The molecule has 0 aliphatic carbocycles. The van der Waals surface area contributed by atoms with Crippen LogP contribution in [-0.4, -0.2) is 18.0 Å². The SMILES string of the molecule is Cc1cc(N=Nc2cc(S(=O)(=O)O)c3ccccc3c2N)cnc1-c1cccc2c1sc1ccccc12.[H-].[Na+]. The predicted molar refractivity (Wildman–Crippen MR) is 151 cm³/mol. The van der Waals surface area contributed by atoms with Crippen molar-refractivity contribution in [2.45, 2.75) is 11.8 Å². The summed E-state index contributed by atoms with van der Waals surface area (Å²) >= 11 is 1.74. The van der Waals surface area contributed by atoms with Crippen LogP contribution < -0.4 is 35.3 Å². The molecule has 0 radical (unpaired) electrons. The number of nitrogen functional groups attached to an aromatic ring is 1. The molecule has 6 rings (SSSR count). The summed E-state index contributed by atoms with van der Waals surface area (Å²) in [6, 6.07) is 24.4. The van der Waals surface area contributed by atoms with Crippen LogP contribution in [0.5, 0.6) is 0 Å². The van der Waals surface area contributed by atoms with Gasteiger partial charge in [-0.25, -0.2) is 0 Å². The Morgan fingerprint density at radius 2 is 1.58 bits per heavy atom. The van der Waals surface area contributed by atoms with Crippen molar-refractivity contribution < 1.29 is 44.0 Å². The molecule has 4 aromatic carbocycles. The van der Waals surface area contributed by atoms with E-state index in [2.05, 4.69) is 34.5 Å². The normalized spacial score (nSPS) is 11.9. The summed E-state index contributed by atoms with van der Waals surface area (Å²) in [5.41, 5.74) is 10.00. The predicted octanol–water partition coefficient (Wildman–Crippen LogP) is 4.94. The third-order valence-corrected chi connectivity index (χ3v) is 8.41. The van der Waals surface area contributed by atoms with Gasteiger partial charge in [0.15, 0.2) is 0 Å². The summed E-state index contributed by atoms with van der Waals surface area (Å²) in [5.74, 6) is 0. The summed E-state index contributed by atoms with van der Waals surface area (Å²) in [6.45, 7) is 1.97. The van der Waals surface area contributed by atoms with Gasteiger partial charge in [0, 0.05) is 36.5 Å². The van der Waals surface area contributed by atoms with Crippen molar-refractivity contribution in [1.82, 2.24) is 4.98 Å². The molecule has 7 nitrogen and oxygen atoms in total. The average molecular weight is 549 g/mol. The largest absolute Gasteiger partial charge is 1.00 e. The quantitative estimate of drug-likeness (QED) is 0.140. The molecule has 0 aliphatic rings. The smallest absolute Gasteiger partial charge is 1.00 e. The number of hydrogen-bond donors (Lipinski definition) is 2. The number of benzene rings is 4. The maximum atomic E-state index is 12.0. The maximum absolute atomic E-state index is 12.0. The van der Waals surface area contributed by atoms with Gasteiger partial charge in [-0.2, -0.15) is 8.42 Å². The second kappa shape index (κ2) is 10.2. The standard InChI is InChI=1S/C28H20N4O3S2.Na.H/c1-16-13-17(31-32-23-14-25(37(33,34)35)19-8-2-3-9-20(19)26(23)29)15-30-27(16)22-11-6-10-21-18-7-4-5-12-24(18)36-28(21)22;;/h2-15H,29H2,1H3,(H,33,34,35);;/q;+1;-1. The summed E-state index contributed by atoms with van der Waals surface area (Å²) in [6.07, 6.45) is 1.62. The minimum absolute atomic E-state index is 0. The van der Waals surface area contributed by atoms with E-state index in [4.69, 9.17) is 10.7 Å². The molecule has 184 valence electrons. The zero-order valence-corrected chi connectivity index (χ0v) is 24.2. The topological polar surface area (TPSA) is 118 Å². The van der Waals surface area contributed by atoms with Gasteiger partial charge in [-0.3, -0.25) is 9.54 Å². The minimum atomic E-state index is -4.49. The van der Waals surface area contributed by atoms with Crippen molar-refractivity contribution in [3.8, 4) is 11.3 Å². The summed E-state index contributed by atoms with van der Waals surface area (Å²) in [4.78, 5) is 4.43. The fraction of sp³-hybridized carbons (Fsp3) is 0.0357. The van der Waals surface area contributed by atoms with Crippen molar-refractivity contribution in [2.24, 2.45) is 10.2 Å². The molecule has 0 saturated heterocycles. The van der Waals surface area contributed by atoms with E-state index in [9.17, 15) is 13.0 Å². The molecule has 0 saturated carbocycles. The first-order valence-corrected chi connectivity index (χ1v) is 13.6. The molecule has 2 heterocycles. The van der Waals surface area contributed by atoms with Crippen LogP contribution in [0.2, 0.25) is 0 Å². The fourth-order valence-electron chi connectivity index (χ4n) is 4.59. The van der Waals surface area contributed by atoms with E-state index in [1.165, 1.54) is 26.2 Å². The van der Waals surface area contributed by atoms with Gasteiger partial charge in [0.1, 0.15) is 16.3 Å². The number of rotatable bonds is 4. The first-order chi connectivity index (χ1) is 17.8. The Bertz CT molecular complexity index is 2010. The van der Waals surface area contributed by atoms with E-state index in [-0.39, 0.29) is 47.3 Å². The van der Waals surface area contributed by atoms with Crippen LogP contribution in [0.1, 0.15) is 6.99 Å². The zero-order chi connectivity index (χ0) is 25.7. The summed E-state index contributed by atoms with van der Waals surface area (Å²) in [7, 11) is -4.49. The Balaban J connectivity index is 0.00000176. The Morgan fingerprint density at radius 1 is 0.895 bits per heavy atom. The van der Waals surface area contributed by atoms with Crippen LogP contribution in [0.3, 0.4) is 0 Å². The molecule has 0 bridgehead atoms. The van der Waals surface area contributed by atoms with E-state index in [0.29, 0.717) is 16.5 Å². The number of aryl methyl sites for hydroxylation is 1. The van der Waals surface area contributed by atoms with Crippen LogP contribution >= 0.6 is 11.3 Å². The van der Waals surface area contributed by atoms with Gasteiger partial charge in [-0.1, -0.05) is 60.7 Å². The van der Waals surface area contributed by atoms with Crippen molar-refractivity contribution in [3.63, 3.8) is 0 Å². The number of nitrogens with zero attached hydrogens (tertiary/aromatic N) is 3. The van der Waals surface area contributed by atoms with Gasteiger partial charge in [-0.05, 0) is 30.7 Å². The third kappa shape index (κ3) is 4.62. The van der Waals surface area contributed by atoms with Crippen LogP contribution in [0.4, 0.5) is 17.1 Å². The Labute approximate surface area is 246 Å². The molecule has 38 heavy (non-hydrogen) atoms. The van der Waals surface area contributed by atoms with Crippen LogP contribution in [0.25, 0.3) is 42.2 Å². The number of fused-ring (bicyclic) bond motifs is 4. The molecule has 10 heteroatoms. The van der Waals surface area contributed by atoms with Gasteiger partial charge >= 0.3 is 29.6 Å². The summed E-state index contributed by atoms with van der Waals surface area (Å²) < 4.78 is 36.1. The van der Waals surface area contributed by atoms with Crippen molar-refractivity contribution in [3.05, 3.63) is 90.6 Å². The second-order valence-electron chi connectivity index (χ2n) is 8.67. The van der Waals surface area contributed by atoms with E-state index in [1.54, 1.807) is 41.8 Å². The van der Waals surface area contributed by atoms with Crippen molar-refractivity contribution in [2.75, 3.05) is 5.73 Å². The fourth-order valence-corrected chi connectivity index (χ4v) is 6.52. The maximum Gasteiger partial charge on any atom is 1.00 e. The van der Waals surface area contributed by atoms with E-state index in [1.807, 2.05) is 31.2 Å². The molecule has 0 unspecified atom stereocenters. The van der Waals surface area contributed by atoms with E-state index in [0.717, 1.165) is 16.8 Å². The molecular formula is C28H21N4NaO3S2. The van der Waals surface area contributed by atoms with E-state index >= 15 is 0 Å². The number of pyridine rings is 1. The van der Waals surface area contributed by atoms with Gasteiger partial charge in [0.25, 0.3) is 10.1 Å². The van der Waals surface area contributed by atoms with Crippen LogP contribution in [-0.2, 0) is 10.1 Å². The van der Waals surface area contributed by atoms with E-state index < -0.39 is 10.1 Å². The third-order valence-electron chi connectivity index (χ3n) is 6.30. The molecule has 3 N–H and O–H groups in total. The number of hydrogen-bond acceptors (Lipinski definition) is 7. The first-order valence-electron chi connectivity index (χ1n) is 11.4. The Kier molecular flexibility index (Phi) is 7.08. The van der Waals surface area contributed by atoms with Gasteiger partial charge in [-0.15, -0.1) is 21.6 Å². The van der Waals surface area contributed by atoms with Gasteiger partial charge < -0.3 is 7.16 Å². The molecule has 0 fully saturated rings. The number of azo groups is 1. The molecule has 6 aromatic rings. The Morgan fingerprint density at radius 3 is 2.32 bits per heavy atom. The monoisotopic (exact) mass is 548 g/mol. The van der Waals surface area contributed by atoms with Gasteiger partial charge in [0.05, 0.1) is 17.6 Å². The molecule has 0 amide bonds. The molecule has 0 spiro atoms. The summed E-state index contributed by atoms with van der Waals surface area (Å²) in [5, 5.41) is 11.7. The Hall–Kier alpha value is -3.18. The average Bonchev–Trinajstić information content (AvgIpc) is 3.27. The number of aromatic nitrogens is 1. The second-order valence-corrected chi connectivity index (χ2v) is 11.1. The van der Waals surface area contributed by atoms with Crippen molar-refractivity contribution in [1.29, 1.82) is 0 Å². The molecule has 0 aliphatic heterocycles. The van der Waals surface area contributed by atoms with Crippen LogP contribution in [0.15, 0.2) is 100 Å². The molecule has 2 aromatic heterocycles. The molecular weight excluding hydrogens is 527 g/mol. The minimum Gasteiger partial charge on any atom is -1.00 e. The van der Waals surface area contributed by atoms with Gasteiger partial charge in [0.2, 0.25) is 0 Å². The number of nitrogens with two attached hydrogens (primary N) is 1. The first kappa shape index (κ1) is 26.4. The number of anilines is 1. The van der Waals surface area contributed by atoms with Crippen LogP contribution in [0, 0.1) is 6.92 Å². The molecule has 0 atom stereocenters. The van der Waals surface area contributed by atoms with Crippen molar-refractivity contribution >= 4 is 69.5 Å². The zero-order valence-electron chi connectivity index (χ0n) is 21.6.